The van der Waals surface area contributed by atoms with E-state index >= 15 is 0 Å². The lowest BCUT2D eigenvalue weighted by atomic mass is 10.1. The minimum atomic E-state index is 0.0893. The summed E-state index contributed by atoms with van der Waals surface area (Å²) in [5.41, 5.74) is 2.65. The van der Waals surface area contributed by atoms with Gasteiger partial charge in [-0.15, -0.1) is 15.3 Å². The van der Waals surface area contributed by atoms with Crippen molar-refractivity contribution >= 4 is 40.6 Å². The number of hydrogen-bond acceptors (Lipinski definition) is 5. The van der Waals surface area contributed by atoms with Gasteiger partial charge in [-0.25, -0.2) is 0 Å². The van der Waals surface area contributed by atoms with Crippen LogP contribution < -0.4 is 4.90 Å². The lowest BCUT2D eigenvalue weighted by Crippen LogP contribution is -2.49. The second kappa shape index (κ2) is 7.32. The molecule has 1 saturated heterocycles. The maximum absolute atomic E-state index is 12.6. The molecule has 1 fully saturated rings. The molecular formula is C18H18Cl2N6O. The van der Waals surface area contributed by atoms with Crippen molar-refractivity contribution in [3.8, 4) is 0 Å². The number of benzene rings is 1. The molecule has 0 aliphatic carbocycles. The zero-order chi connectivity index (χ0) is 19.0. The molecule has 27 heavy (non-hydrogen) atoms. The second-order valence-corrected chi connectivity index (χ2v) is 7.39. The molecule has 0 N–H and O–H groups in total. The number of aryl methyl sites for hydroxylation is 1. The van der Waals surface area contributed by atoms with Gasteiger partial charge >= 0.3 is 0 Å². The number of piperazine rings is 1. The maximum atomic E-state index is 12.6. The predicted octanol–water partition coefficient (Wildman–Crippen LogP) is 2.63. The molecule has 0 saturated carbocycles. The van der Waals surface area contributed by atoms with E-state index in [0.717, 1.165) is 35.7 Å². The van der Waals surface area contributed by atoms with Crippen LogP contribution in [0.1, 0.15) is 11.1 Å². The van der Waals surface area contributed by atoms with Crippen molar-refractivity contribution in [3.63, 3.8) is 0 Å². The third kappa shape index (κ3) is 3.70. The Morgan fingerprint density at radius 2 is 1.89 bits per heavy atom. The van der Waals surface area contributed by atoms with E-state index in [1.54, 1.807) is 23.0 Å². The van der Waals surface area contributed by atoms with E-state index in [-0.39, 0.29) is 5.91 Å². The number of carbonyl (C=O) groups excluding carboxylic acids is 1. The van der Waals surface area contributed by atoms with Crippen molar-refractivity contribution in [1.82, 2.24) is 24.7 Å². The summed E-state index contributed by atoms with van der Waals surface area (Å²) in [4.78, 5) is 16.7. The van der Waals surface area contributed by atoms with Crippen LogP contribution in [0.3, 0.4) is 0 Å². The average Bonchev–Trinajstić information content (AvgIpc) is 3.14. The number of amides is 1. The molecule has 1 aromatic carbocycles. The first kappa shape index (κ1) is 18.0. The molecule has 7 nitrogen and oxygen atoms in total. The fraction of sp³-hybridized carbons (Fsp3) is 0.333. The van der Waals surface area contributed by atoms with Gasteiger partial charge in [0.2, 0.25) is 5.91 Å². The second-order valence-electron chi connectivity index (χ2n) is 6.58. The fourth-order valence-electron chi connectivity index (χ4n) is 3.24. The Labute approximate surface area is 166 Å². The molecule has 0 radical (unpaired) electrons. The standard InChI is InChI=1S/C18H18Cl2N6O/c1-12-8-16(23-26-11-21-22-18(12)26)24-4-6-25(7-5-24)17(27)10-13-2-3-14(19)15(20)9-13/h2-3,8-9,11H,4-7,10H2,1H3. The summed E-state index contributed by atoms with van der Waals surface area (Å²) in [6, 6.07) is 7.32. The highest BCUT2D eigenvalue weighted by molar-refractivity contribution is 6.42. The van der Waals surface area contributed by atoms with Crippen LogP contribution >= 0.6 is 23.2 Å². The van der Waals surface area contributed by atoms with Crippen molar-refractivity contribution in [2.75, 3.05) is 31.1 Å². The van der Waals surface area contributed by atoms with Gasteiger partial charge in [0.25, 0.3) is 0 Å². The number of halogens is 2. The molecule has 0 atom stereocenters. The first-order valence-corrected chi connectivity index (χ1v) is 9.41. The largest absolute Gasteiger partial charge is 0.352 e. The Kier molecular flexibility index (Phi) is 4.88. The van der Waals surface area contributed by atoms with Crippen molar-refractivity contribution in [3.05, 3.63) is 51.8 Å². The van der Waals surface area contributed by atoms with Gasteiger partial charge in [0.05, 0.1) is 16.5 Å². The average molecular weight is 405 g/mol. The van der Waals surface area contributed by atoms with E-state index in [4.69, 9.17) is 23.2 Å². The summed E-state index contributed by atoms with van der Waals surface area (Å²) in [5.74, 6) is 0.961. The highest BCUT2D eigenvalue weighted by Gasteiger charge is 2.23. The molecule has 140 valence electrons. The van der Waals surface area contributed by atoms with E-state index < -0.39 is 0 Å². The van der Waals surface area contributed by atoms with Gasteiger partial charge in [-0.05, 0) is 36.2 Å². The van der Waals surface area contributed by atoms with Crippen molar-refractivity contribution in [2.24, 2.45) is 0 Å². The third-order valence-electron chi connectivity index (χ3n) is 4.73. The molecule has 1 aliphatic rings. The number of aromatic nitrogens is 4. The van der Waals surface area contributed by atoms with Crippen LogP contribution in [0.15, 0.2) is 30.6 Å². The minimum absolute atomic E-state index is 0.0893. The molecule has 1 aliphatic heterocycles. The van der Waals surface area contributed by atoms with Gasteiger partial charge in [0.1, 0.15) is 12.1 Å². The maximum Gasteiger partial charge on any atom is 0.227 e. The Bertz CT molecular complexity index is 997. The predicted molar refractivity (Wildman–Crippen MR) is 104 cm³/mol. The van der Waals surface area contributed by atoms with Gasteiger partial charge in [-0.3, -0.25) is 4.79 Å². The lowest BCUT2D eigenvalue weighted by molar-refractivity contribution is -0.130. The number of carbonyl (C=O) groups is 1. The van der Waals surface area contributed by atoms with Crippen molar-refractivity contribution in [1.29, 1.82) is 0 Å². The minimum Gasteiger partial charge on any atom is -0.352 e. The van der Waals surface area contributed by atoms with Gasteiger partial charge < -0.3 is 9.80 Å². The molecular weight excluding hydrogens is 387 g/mol. The Morgan fingerprint density at radius 1 is 1.11 bits per heavy atom. The molecule has 9 heteroatoms. The quantitative estimate of drug-likeness (QED) is 0.670. The summed E-state index contributed by atoms with van der Waals surface area (Å²) < 4.78 is 1.69. The summed E-state index contributed by atoms with van der Waals surface area (Å²) in [7, 11) is 0. The van der Waals surface area contributed by atoms with Gasteiger partial charge in [0, 0.05) is 26.2 Å². The van der Waals surface area contributed by atoms with Gasteiger partial charge in [-0.2, -0.15) is 4.52 Å². The first-order chi connectivity index (χ1) is 13.0. The van der Waals surface area contributed by atoms with Crippen molar-refractivity contribution in [2.45, 2.75) is 13.3 Å². The van der Waals surface area contributed by atoms with E-state index in [1.165, 1.54) is 0 Å². The highest BCUT2D eigenvalue weighted by atomic mass is 35.5. The third-order valence-corrected chi connectivity index (χ3v) is 5.47. The Balaban J connectivity index is 1.40. The molecule has 1 amide bonds. The van der Waals surface area contributed by atoms with E-state index in [0.29, 0.717) is 29.6 Å². The highest BCUT2D eigenvalue weighted by Crippen LogP contribution is 2.23. The smallest absolute Gasteiger partial charge is 0.227 e. The van der Waals surface area contributed by atoms with Crippen LogP contribution in [0.5, 0.6) is 0 Å². The molecule has 3 heterocycles. The summed E-state index contributed by atoms with van der Waals surface area (Å²) in [6.07, 6.45) is 1.92. The SMILES string of the molecule is Cc1cc(N2CCN(C(=O)Cc3ccc(Cl)c(Cl)c3)CC2)nn2cnnc12. The topological polar surface area (TPSA) is 66.6 Å². The summed E-state index contributed by atoms with van der Waals surface area (Å²) in [5, 5.41) is 13.5. The molecule has 0 spiro atoms. The fourth-order valence-corrected chi connectivity index (χ4v) is 3.56. The Morgan fingerprint density at radius 3 is 2.63 bits per heavy atom. The Hall–Kier alpha value is -2.38. The van der Waals surface area contributed by atoms with Crippen LogP contribution in [-0.2, 0) is 11.2 Å². The van der Waals surface area contributed by atoms with Crippen molar-refractivity contribution < 1.29 is 4.79 Å². The number of anilines is 1. The zero-order valence-corrected chi connectivity index (χ0v) is 16.3. The number of hydrogen-bond donors (Lipinski definition) is 0. The van der Waals surface area contributed by atoms with Crippen LogP contribution in [0, 0.1) is 6.92 Å². The molecule has 3 aromatic rings. The normalized spacial score (nSPS) is 14.8. The van der Waals surface area contributed by atoms with Crippen LogP contribution in [-0.4, -0.2) is 56.8 Å². The summed E-state index contributed by atoms with van der Waals surface area (Å²) in [6.45, 7) is 4.76. The molecule has 0 bridgehead atoms. The summed E-state index contributed by atoms with van der Waals surface area (Å²) >= 11 is 12.0. The monoisotopic (exact) mass is 404 g/mol. The van der Waals surface area contributed by atoms with E-state index in [2.05, 4.69) is 20.2 Å². The molecule has 2 aromatic heterocycles. The lowest BCUT2D eigenvalue weighted by Gasteiger charge is -2.35. The molecule has 0 unspecified atom stereocenters. The van der Waals surface area contributed by atoms with Crippen LogP contribution in [0.4, 0.5) is 5.82 Å². The van der Waals surface area contributed by atoms with E-state index in [1.807, 2.05) is 24.0 Å². The van der Waals surface area contributed by atoms with E-state index in [9.17, 15) is 4.79 Å². The van der Waals surface area contributed by atoms with Crippen LogP contribution in [0.2, 0.25) is 10.0 Å². The molecule has 4 rings (SSSR count). The van der Waals surface area contributed by atoms with Gasteiger partial charge in [0.15, 0.2) is 5.65 Å². The first-order valence-electron chi connectivity index (χ1n) is 8.65. The number of fused-ring (bicyclic) bond motifs is 1. The number of nitrogens with zero attached hydrogens (tertiary/aromatic N) is 6. The number of rotatable bonds is 3. The van der Waals surface area contributed by atoms with Crippen LogP contribution in [0.25, 0.3) is 5.65 Å². The zero-order valence-electron chi connectivity index (χ0n) is 14.8. The van der Waals surface area contributed by atoms with Gasteiger partial charge in [-0.1, -0.05) is 29.3 Å².